The first-order valence-corrected chi connectivity index (χ1v) is 13.4. The molecule has 2 atom stereocenters. The van der Waals surface area contributed by atoms with Gasteiger partial charge >= 0.3 is 12.1 Å². The molecule has 0 radical (unpaired) electrons. The van der Waals surface area contributed by atoms with E-state index >= 15 is 0 Å². The van der Waals surface area contributed by atoms with Crippen molar-refractivity contribution in [2.75, 3.05) is 0 Å². The van der Waals surface area contributed by atoms with Gasteiger partial charge in [-0.05, 0) is 52.9 Å². The number of ether oxygens (including phenoxy) is 1. The van der Waals surface area contributed by atoms with Crippen LogP contribution in [-0.2, 0) is 11.2 Å². The molecule has 0 saturated heterocycles. The number of nitrogens with two attached hydrogens (primary N) is 1. The van der Waals surface area contributed by atoms with Crippen LogP contribution in [0.15, 0.2) is 78.4 Å². The SMILES string of the molecule is Cl.NC(Cc1ccc(-c2csc3c(O[C@H](c4ccc(Cl)cc4-c4cccc(F)c4)C(F)(F)F)ncnc23)cc1)C(=O)O. The second-order valence-corrected chi connectivity index (χ2v) is 10.4. The van der Waals surface area contributed by atoms with Crippen molar-refractivity contribution in [3.8, 4) is 28.1 Å². The number of thiophene rings is 1. The van der Waals surface area contributed by atoms with Gasteiger partial charge in [-0.1, -0.05) is 54.1 Å². The fourth-order valence-corrected chi connectivity index (χ4v) is 5.49. The summed E-state index contributed by atoms with van der Waals surface area (Å²) < 4.78 is 63.3. The number of alkyl halides is 3. The summed E-state index contributed by atoms with van der Waals surface area (Å²) in [7, 11) is 0. The molecule has 0 spiro atoms. The molecule has 0 aliphatic carbocycles. The van der Waals surface area contributed by atoms with Gasteiger partial charge in [0.15, 0.2) is 0 Å². The van der Waals surface area contributed by atoms with Gasteiger partial charge in [-0.3, -0.25) is 4.79 Å². The number of carboxylic acid groups (broad SMARTS) is 1. The molecule has 2 aromatic heterocycles. The Hall–Kier alpha value is -3.77. The first kappa shape index (κ1) is 31.2. The number of fused-ring (bicyclic) bond motifs is 1. The lowest BCUT2D eigenvalue weighted by Crippen LogP contribution is -2.32. The summed E-state index contributed by atoms with van der Waals surface area (Å²) in [5.74, 6) is -1.99. The summed E-state index contributed by atoms with van der Waals surface area (Å²) in [5.41, 5.74) is 8.08. The number of nitrogens with zero attached hydrogens (tertiary/aromatic N) is 2. The molecule has 2 heterocycles. The third kappa shape index (κ3) is 6.65. The zero-order valence-corrected chi connectivity index (χ0v) is 23.7. The van der Waals surface area contributed by atoms with E-state index in [0.29, 0.717) is 26.9 Å². The first-order valence-electron chi connectivity index (χ1n) is 12.1. The summed E-state index contributed by atoms with van der Waals surface area (Å²) in [6, 6.07) is 15.0. The monoisotopic (exact) mass is 637 g/mol. The summed E-state index contributed by atoms with van der Waals surface area (Å²) in [4.78, 5) is 19.3. The fraction of sp³-hybridized carbons (Fsp3) is 0.138. The van der Waals surface area contributed by atoms with Crippen molar-refractivity contribution >= 4 is 51.5 Å². The topological polar surface area (TPSA) is 98.3 Å². The van der Waals surface area contributed by atoms with Crippen molar-refractivity contribution in [1.29, 1.82) is 0 Å². The fourth-order valence-electron chi connectivity index (χ4n) is 4.36. The number of carboxylic acids is 1. The predicted octanol–water partition coefficient (Wildman–Crippen LogP) is 7.88. The van der Waals surface area contributed by atoms with E-state index in [1.165, 1.54) is 36.4 Å². The molecule has 0 amide bonds. The Morgan fingerprint density at radius 2 is 1.76 bits per heavy atom. The third-order valence-corrected chi connectivity index (χ3v) is 7.51. The molecule has 3 aromatic carbocycles. The van der Waals surface area contributed by atoms with Gasteiger partial charge < -0.3 is 15.6 Å². The standard InChI is InChI=1S/C29H20ClF4N3O3S.ClH/c30-18-8-9-20(21(12-18)17-2-1-3-19(31)11-17)26(29(32,33)34)40-27-25-24(36-14-37-27)22(13-41-25)16-6-4-15(5-7-16)10-23(35)28(38)39;/h1-9,11-14,23,26H,10,35H2,(H,38,39);1H/t23?,26-;/m1./s1. The second-order valence-electron chi connectivity index (χ2n) is 9.13. The normalized spacial score (nSPS) is 12.9. The summed E-state index contributed by atoms with van der Waals surface area (Å²) in [6.45, 7) is 0. The van der Waals surface area contributed by atoms with Crippen molar-refractivity contribution in [2.24, 2.45) is 5.73 Å². The average Bonchev–Trinajstić information content (AvgIpc) is 3.37. The highest BCUT2D eigenvalue weighted by molar-refractivity contribution is 7.18. The van der Waals surface area contributed by atoms with Gasteiger partial charge in [0.25, 0.3) is 0 Å². The molecule has 5 rings (SSSR count). The van der Waals surface area contributed by atoms with Gasteiger partial charge in [0.2, 0.25) is 12.0 Å². The predicted molar refractivity (Wildman–Crippen MR) is 156 cm³/mol. The van der Waals surface area contributed by atoms with Crippen LogP contribution in [0.4, 0.5) is 17.6 Å². The molecule has 218 valence electrons. The molecule has 0 bridgehead atoms. The number of rotatable bonds is 8. The zero-order chi connectivity index (χ0) is 29.3. The Balaban J connectivity index is 0.00000405. The van der Waals surface area contributed by atoms with Crippen LogP contribution in [-0.4, -0.2) is 33.3 Å². The number of hydrogen-bond acceptors (Lipinski definition) is 6. The van der Waals surface area contributed by atoms with E-state index in [4.69, 9.17) is 27.2 Å². The molecule has 5 aromatic rings. The van der Waals surface area contributed by atoms with Crippen LogP contribution in [0.2, 0.25) is 5.02 Å². The molecule has 13 heteroatoms. The minimum Gasteiger partial charge on any atom is -0.480 e. The highest BCUT2D eigenvalue weighted by Gasteiger charge is 2.45. The number of aliphatic carboxylic acids is 1. The van der Waals surface area contributed by atoms with Gasteiger partial charge in [0, 0.05) is 21.5 Å². The maximum Gasteiger partial charge on any atom is 0.429 e. The van der Waals surface area contributed by atoms with Crippen molar-refractivity contribution in [1.82, 2.24) is 9.97 Å². The Morgan fingerprint density at radius 1 is 1.02 bits per heavy atom. The summed E-state index contributed by atoms with van der Waals surface area (Å²) in [6.07, 6.45) is -6.04. The molecule has 0 aliphatic rings. The molecule has 42 heavy (non-hydrogen) atoms. The number of carbonyl (C=O) groups is 1. The van der Waals surface area contributed by atoms with Crippen LogP contribution >= 0.6 is 35.3 Å². The maximum absolute atomic E-state index is 14.5. The Kier molecular flexibility index (Phi) is 9.37. The van der Waals surface area contributed by atoms with E-state index in [9.17, 15) is 22.4 Å². The minimum atomic E-state index is -4.86. The van der Waals surface area contributed by atoms with Crippen LogP contribution in [0.25, 0.3) is 32.5 Å². The first-order chi connectivity index (χ1) is 19.5. The van der Waals surface area contributed by atoms with Crippen molar-refractivity contribution < 1.29 is 32.2 Å². The van der Waals surface area contributed by atoms with E-state index in [0.717, 1.165) is 23.7 Å². The van der Waals surface area contributed by atoms with E-state index in [2.05, 4.69) is 9.97 Å². The van der Waals surface area contributed by atoms with Crippen LogP contribution in [0, 0.1) is 5.82 Å². The number of halogens is 6. The van der Waals surface area contributed by atoms with E-state index in [-0.39, 0.29) is 46.4 Å². The van der Waals surface area contributed by atoms with E-state index < -0.39 is 30.1 Å². The molecule has 1 unspecified atom stereocenters. The molecule has 0 aliphatic heterocycles. The molecule has 3 N–H and O–H groups in total. The summed E-state index contributed by atoms with van der Waals surface area (Å²) in [5, 5.41) is 10.9. The smallest absolute Gasteiger partial charge is 0.429 e. The lowest BCUT2D eigenvalue weighted by molar-refractivity contribution is -0.198. The van der Waals surface area contributed by atoms with E-state index in [1.54, 1.807) is 29.6 Å². The molecular formula is C29H21Cl2F4N3O3S. The minimum absolute atomic E-state index is 0. The highest BCUT2D eigenvalue weighted by atomic mass is 35.5. The number of benzene rings is 3. The molecule has 0 fully saturated rings. The zero-order valence-electron chi connectivity index (χ0n) is 21.3. The largest absolute Gasteiger partial charge is 0.480 e. The van der Waals surface area contributed by atoms with Crippen molar-refractivity contribution in [3.63, 3.8) is 0 Å². The van der Waals surface area contributed by atoms with Crippen LogP contribution in [0.1, 0.15) is 17.2 Å². The lowest BCUT2D eigenvalue weighted by atomic mass is 9.95. The Labute approximate surface area is 252 Å². The average molecular weight is 638 g/mol. The van der Waals surface area contributed by atoms with Gasteiger partial charge in [0.1, 0.15) is 22.9 Å². The van der Waals surface area contributed by atoms with Crippen LogP contribution in [0.5, 0.6) is 5.88 Å². The van der Waals surface area contributed by atoms with Gasteiger partial charge in [-0.15, -0.1) is 23.7 Å². The maximum atomic E-state index is 14.5. The van der Waals surface area contributed by atoms with Gasteiger partial charge in [-0.25, -0.2) is 14.4 Å². The van der Waals surface area contributed by atoms with Crippen molar-refractivity contribution in [3.05, 3.63) is 100 Å². The molecular weight excluding hydrogens is 617 g/mol. The van der Waals surface area contributed by atoms with Crippen LogP contribution < -0.4 is 10.5 Å². The quantitative estimate of drug-likeness (QED) is 0.168. The third-order valence-electron chi connectivity index (χ3n) is 6.32. The van der Waals surface area contributed by atoms with Crippen LogP contribution in [0.3, 0.4) is 0 Å². The van der Waals surface area contributed by atoms with E-state index in [1.807, 2.05) is 0 Å². The van der Waals surface area contributed by atoms with Gasteiger partial charge in [0.05, 0.1) is 5.52 Å². The molecule has 0 saturated carbocycles. The second kappa shape index (κ2) is 12.6. The highest BCUT2D eigenvalue weighted by Crippen LogP contribution is 2.44. The Bertz CT molecular complexity index is 1730. The van der Waals surface area contributed by atoms with Crippen molar-refractivity contribution in [2.45, 2.75) is 24.7 Å². The lowest BCUT2D eigenvalue weighted by Gasteiger charge is -2.24. The summed E-state index contributed by atoms with van der Waals surface area (Å²) >= 11 is 7.23. The van der Waals surface area contributed by atoms with Gasteiger partial charge in [-0.2, -0.15) is 13.2 Å². The number of aromatic nitrogens is 2. The Morgan fingerprint density at radius 3 is 2.43 bits per heavy atom. The molecule has 6 nitrogen and oxygen atoms in total. The number of hydrogen-bond donors (Lipinski definition) is 2.